The predicted octanol–water partition coefficient (Wildman–Crippen LogP) is -0.146. The topological polar surface area (TPSA) is 46.2 Å². The van der Waals surface area contributed by atoms with Crippen molar-refractivity contribution in [2.75, 3.05) is 0 Å². The predicted molar refractivity (Wildman–Crippen MR) is 31.8 cm³/mol. The number of ketones is 1. The van der Waals surface area contributed by atoms with Crippen molar-refractivity contribution >= 4 is 11.7 Å². The fourth-order valence-corrected chi connectivity index (χ4v) is 0.805. The minimum Gasteiger partial charge on any atom is -0.347 e. The van der Waals surface area contributed by atoms with E-state index in [1.54, 1.807) is 0 Å². The average molecular weight is 127 g/mol. The standard InChI is InChI=1S/C6H9NO2/c1-4(8)7-5-2-3-6(5)9/h5H,2-3H2,1H3,(H,7,8). The van der Waals surface area contributed by atoms with E-state index in [9.17, 15) is 9.59 Å². The normalized spacial score (nSPS) is 25.0. The molecule has 3 nitrogen and oxygen atoms in total. The molecule has 0 heterocycles. The highest BCUT2D eigenvalue weighted by Crippen LogP contribution is 2.13. The molecule has 1 rings (SSSR count). The smallest absolute Gasteiger partial charge is 0.217 e. The van der Waals surface area contributed by atoms with E-state index in [0.29, 0.717) is 6.42 Å². The molecule has 1 unspecified atom stereocenters. The fourth-order valence-electron chi connectivity index (χ4n) is 0.805. The number of hydrogen-bond donors (Lipinski definition) is 1. The van der Waals surface area contributed by atoms with Crippen LogP contribution in [0.1, 0.15) is 19.8 Å². The summed E-state index contributed by atoms with van der Waals surface area (Å²) in [5.41, 5.74) is 0. The van der Waals surface area contributed by atoms with Crippen molar-refractivity contribution in [3.63, 3.8) is 0 Å². The lowest BCUT2D eigenvalue weighted by Gasteiger charge is -2.23. The van der Waals surface area contributed by atoms with Crippen LogP contribution in [0.2, 0.25) is 0 Å². The van der Waals surface area contributed by atoms with Crippen molar-refractivity contribution in [3.05, 3.63) is 0 Å². The first kappa shape index (κ1) is 6.26. The molecule has 0 aromatic rings. The van der Waals surface area contributed by atoms with Gasteiger partial charge in [-0.25, -0.2) is 0 Å². The first-order valence-electron chi connectivity index (χ1n) is 3.00. The molecule has 0 radical (unpaired) electrons. The van der Waals surface area contributed by atoms with Gasteiger partial charge in [0.1, 0.15) is 0 Å². The van der Waals surface area contributed by atoms with Gasteiger partial charge in [-0.2, -0.15) is 0 Å². The third-order valence-electron chi connectivity index (χ3n) is 1.45. The van der Waals surface area contributed by atoms with E-state index in [2.05, 4.69) is 5.32 Å². The Morgan fingerprint density at radius 1 is 1.78 bits per heavy atom. The number of carbonyl (C=O) groups is 2. The van der Waals surface area contributed by atoms with Crippen molar-refractivity contribution in [3.8, 4) is 0 Å². The van der Waals surface area contributed by atoms with Crippen LogP contribution in [0.5, 0.6) is 0 Å². The second-order valence-electron chi connectivity index (χ2n) is 2.26. The molecule has 0 aromatic carbocycles. The van der Waals surface area contributed by atoms with Gasteiger partial charge < -0.3 is 5.32 Å². The molecule has 1 amide bonds. The Bertz CT molecular complexity index is 153. The van der Waals surface area contributed by atoms with Crippen LogP contribution in [-0.4, -0.2) is 17.7 Å². The van der Waals surface area contributed by atoms with Gasteiger partial charge in [-0.15, -0.1) is 0 Å². The Morgan fingerprint density at radius 3 is 2.56 bits per heavy atom. The van der Waals surface area contributed by atoms with Crippen LogP contribution in [0.3, 0.4) is 0 Å². The number of rotatable bonds is 1. The zero-order valence-electron chi connectivity index (χ0n) is 5.31. The highest BCUT2D eigenvalue weighted by atomic mass is 16.2. The number of hydrogen-bond acceptors (Lipinski definition) is 2. The van der Waals surface area contributed by atoms with Crippen LogP contribution >= 0.6 is 0 Å². The molecule has 0 spiro atoms. The summed E-state index contributed by atoms with van der Waals surface area (Å²) in [6.45, 7) is 1.42. The third-order valence-corrected chi connectivity index (χ3v) is 1.45. The maximum absolute atomic E-state index is 10.6. The monoisotopic (exact) mass is 127 g/mol. The molecule has 0 bridgehead atoms. The Labute approximate surface area is 53.4 Å². The molecule has 1 atom stereocenters. The SMILES string of the molecule is CC(=O)NC1CCC1=O. The number of amides is 1. The molecule has 50 valence electrons. The first-order chi connectivity index (χ1) is 4.20. The number of carbonyl (C=O) groups excluding carboxylic acids is 2. The average Bonchev–Trinajstić information content (AvgIpc) is 1.79. The summed E-state index contributed by atoms with van der Waals surface area (Å²) in [4.78, 5) is 20.9. The minimum absolute atomic E-state index is 0.118. The Balaban J connectivity index is 2.29. The van der Waals surface area contributed by atoms with E-state index in [1.807, 2.05) is 0 Å². The quantitative estimate of drug-likeness (QED) is 0.532. The summed E-state index contributed by atoms with van der Waals surface area (Å²) < 4.78 is 0. The highest BCUT2D eigenvalue weighted by Gasteiger charge is 2.27. The van der Waals surface area contributed by atoms with E-state index in [1.165, 1.54) is 6.92 Å². The molecule has 1 fully saturated rings. The van der Waals surface area contributed by atoms with Gasteiger partial charge in [-0.1, -0.05) is 0 Å². The maximum atomic E-state index is 10.6. The van der Waals surface area contributed by atoms with Crippen molar-refractivity contribution in [2.45, 2.75) is 25.8 Å². The van der Waals surface area contributed by atoms with Gasteiger partial charge in [0.2, 0.25) is 5.91 Å². The summed E-state index contributed by atoms with van der Waals surface area (Å²) in [6.07, 6.45) is 1.45. The molecule has 0 aromatic heterocycles. The van der Waals surface area contributed by atoms with E-state index in [0.717, 1.165) is 6.42 Å². The minimum atomic E-state index is -0.164. The largest absolute Gasteiger partial charge is 0.347 e. The second-order valence-corrected chi connectivity index (χ2v) is 2.26. The van der Waals surface area contributed by atoms with Gasteiger partial charge in [0, 0.05) is 13.3 Å². The molecular weight excluding hydrogens is 118 g/mol. The van der Waals surface area contributed by atoms with Crippen LogP contribution in [0.15, 0.2) is 0 Å². The number of nitrogens with one attached hydrogen (secondary N) is 1. The molecule has 1 saturated carbocycles. The van der Waals surface area contributed by atoms with Gasteiger partial charge in [0.25, 0.3) is 0 Å². The molecule has 0 aliphatic heterocycles. The van der Waals surface area contributed by atoms with Crippen molar-refractivity contribution in [2.24, 2.45) is 0 Å². The molecule has 1 aliphatic rings. The summed E-state index contributed by atoms with van der Waals surface area (Å²) in [5.74, 6) is 0.0400. The molecule has 0 saturated heterocycles. The summed E-state index contributed by atoms with van der Waals surface area (Å²) in [5, 5.41) is 2.54. The van der Waals surface area contributed by atoms with Crippen LogP contribution < -0.4 is 5.32 Å². The van der Waals surface area contributed by atoms with Crippen LogP contribution in [0.25, 0.3) is 0 Å². The Morgan fingerprint density at radius 2 is 2.44 bits per heavy atom. The zero-order valence-corrected chi connectivity index (χ0v) is 5.31. The van der Waals surface area contributed by atoms with Crippen LogP contribution in [-0.2, 0) is 9.59 Å². The lowest BCUT2D eigenvalue weighted by molar-refractivity contribution is -0.131. The van der Waals surface area contributed by atoms with E-state index < -0.39 is 0 Å². The van der Waals surface area contributed by atoms with Crippen LogP contribution in [0.4, 0.5) is 0 Å². The van der Waals surface area contributed by atoms with Crippen molar-refractivity contribution < 1.29 is 9.59 Å². The summed E-state index contributed by atoms with van der Waals surface area (Å²) in [6, 6.07) is -0.164. The van der Waals surface area contributed by atoms with Gasteiger partial charge in [0.15, 0.2) is 5.78 Å². The lowest BCUT2D eigenvalue weighted by Crippen LogP contribution is -2.46. The van der Waals surface area contributed by atoms with Crippen molar-refractivity contribution in [1.82, 2.24) is 5.32 Å². The highest BCUT2D eigenvalue weighted by molar-refractivity contribution is 5.92. The molecule has 1 aliphatic carbocycles. The van der Waals surface area contributed by atoms with E-state index in [4.69, 9.17) is 0 Å². The summed E-state index contributed by atoms with van der Waals surface area (Å²) in [7, 11) is 0. The van der Waals surface area contributed by atoms with Crippen LogP contribution in [0, 0.1) is 0 Å². The third kappa shape index (κ3) is 1.28. The van der Waals surface area contributed by atoms with Crippen molar-refractivity contribution in [1.29, 1.82) is 0 Å². The van der Waals surface area contributed by atoms with Gasteiger partial charge in [0.05, 0.1) is 6.04 Å². The molecule has 3 heteroatoms. The van der Waals surface area contributed by atoms with Gasteiger partial charge in [-0.3, -0.25) is 9.59 Å². The second kappa shape index (κ2) is 2.17. The van der Waals surface area contributed by atoms with E-state index >= 15 is 0 Å². The molecular formula is C6H9NO2. The molecule has 9 heavy (non-hydrogen) atoms. The maximum Gasteiger partial charge on any atom is 0.217 e. The van der Waals surface area contributed by atoms with Gasteiger partial charge >= 0.3 is 0 Å². The first-order valence-corrected chi connectivity index (χ1v) is 3.00. The zero-order chi connectivity index (χ0) is 6.85. The lowest BCUT2D eigenvalue weighted by atomic mass is 9.91. The number of Topliss-reactive ketones (excluding diaryl/α,β-unsaturated/α-hetero) is 1. The fraction of sp³-hybridized carbons (Fsp3) is 0.667. The van der Waals surface area contributed by atoms with E-state index in [-0.39, 0.29) is 17.7 Å². The Hall–Kier alpha value is -0.860. The van der Waals surface area contributed by atoms with Gasteiger partial charge in [-0.05, 0) is 6.42 Å². The Kier molecular flexibility index (Phi) is 1.51. The molecule has 1 N–H and O–H groups in total. The summed E-state index contributed by atoms with van der Waals surface area (Å²) >= 11 is 0.